The van der Waals surface area contributed by atoms with Gasteiger partial charge in [-0.25, -0.2) is 4.79 Å². The normalized spacial score (nSPS) is 26.8. The molecule has 0 aromatic carbocycles. The van der Waals surface area contributed by atoms with Gasteiger partial charge in [-0.05, 0) is 62.7 Å². The third-order valence-corrected chi connectivity index (χ3v) is 8.45. The van der Waals surface area contributed by atoms with E-state index in [0.29, 0.717) is 25.3 Å². The Bertz CT molecular complexity index is 964. The van der Waals surface area contributed by atoms with Gasteiger partial charge in [-0.2, -0.15) is 0 Å². The maximum Gasteiger partial charge on any atom is 0.315 e. The van der Waals surface area contributed by atoms with E-state index in [4.69, 9.17) is 5.73 Å². The zero-order valence-corrected chi connectivity index (χ0v) is 24.1. The number of nitrogens with one attached hydrogen (secondary N) is 3. The molecule has 0 aromatic heterocycles. The molecule has 2 saturated carbocycles. The molecule has 214 valence electrons. The molecule has 3 rings (SSSR count). The minimum atomic E-state index is -1.07. The molecule has 10 heteroatoms. The van der Waals surface area contributed by atoms with Crippen molar-refractivity contribution in [2.24, 2.45) is 28.4 Å². The highest BCUT2D eigenvalue weighted by Crippen LogP contribution is 2.61. The van der Waals surface area contributed by atoms with Crippen LogP contribution in [0.5, 0.6) is 0 Å². The number of primary amides is 1. The van der Waals surface area contributed by atoms with Crippen molar-refractivity contribution in [3.05, 3.63) is 0 Å². The summed E-state index contributed by atoms with van der Waals surface area (Å²) in [5, 5.41) is 8.48. The summed E-state index contributed by atoms with van der Waals surface area (Å²) in [5.74, 6) is -1.96. The Balaban J connectivity index is 1.84. The first kappa shape index (κ1) is 29.9. The van der Waals surface area contributed by atoms with Gasteiger partial charge in [0, 0.05) is 12.1 Å². The van der Waals surface area contributed by atoms with Gasteiger partial charge in [0.2, 0.25) is 17.6 Å². The Hall–Kier alpha value is -2.65. The molecule has 5 unspecified atom stereocenters. The average molecular weight is 534 g/mol. The molecule has 3 aliphatic rings. The lowest BCUT2D eigenvalue weighted by Crippen LogP contribution is -2.61. The lowest BCUT2D eigenvalue weighted by Gasteiger charge is -2.36. The Morgan fingerprint density at radius 3 is 2.08 bits per heavy atom. The third kappa shape index (κ3) is 6.86. The van der Waals surface area contributed by atoms with E-state index in [1.807, 2.05) is 41.5 Å². The van der Waals surface area contributed by atoms with Gasteiger partial charge >= 0.3 is 6.03 Å². The Kier molecular flexibility index (Phi) is 8.53. The Labute approximate surface area is 226 Å². The highest BCUT2D eigenvalue weighted by atomic mass is 16.2. The molecular weight excluding hydrogens is 486 g/mol. The van der Waals surface area contributed by atoms with Crippen molar-refractivity contribution >= 4 is 29.5 Å². The number of hydrogen-bond acceptors (Lipinski definition) is 5. The molecule has 10 nitrogen and oxygen atoms in total. The van der Waals surface area contributed by atoms with Crippen LogP contribution in [0.25, 0.3) is 0 Å². The van der Waals surface area contributed by atoms with Gasteiger partial charge in [0.25, 0.3) is 5.91 Å². The third-order valence-electron chi connectivity index (χ3n) is 8.45. The molecule has 5 amide bonds. The fourth-order valence-corrected chi connectivity index (χ4v) is 5.98. The topological polar surface area (TPSA) is 151 Å². The van der Waals surface area contributed by atoms with Gasteiger partial charge in [0.05, 0.1) is 6.04 Å². The minimum Gasteiger partial charge on any atom is -0.363 e. The molecule has 1 heterocycles. The van der Waals surface area contributed by atoms with E-state index in [0.717, 1.165) is 32.1 Å². The highest BCUT2D eigenvalue weighted by Gasteiger charge is 2.62. The molecule has 0 aromatic rings. The summed E-state index contributed by atoms with van der Waals surface area (Å²) >= 11 is 0. The molecule has 5 atom stereocenters. The van der Waals surface area contributed by atoms with Crippen molar-refractivity contribution in [3.8, 4) is 0 Å². The number of rotatable bonds is 9. The number of carbonyl (C=O) groups is 5. The van der Waals surface area contributed by atoms with E-state index >= 15 is 0 Å². The van der Waals surface area contributed by atoms with Gasteiger partial charge in [-0.1, -0.05) is 53.4 Å². The number of Topliss-reactive ketones (excluding diaryl/α,β-unsaturated/α-hetero) is 1. The Morgan fingerprint density at radius 2 is 1.63 bits per heavy atom. The predicted octanol–water partition coefficient (Wildman–Crippen LogP) is 2.25. The van der Waals surface area contributed by atoms with Crippen LogP contribution in [-0.4, -0.2) is 64.6 Å². The van der Waals surface area contributed by atoms with E-state index < -0.39 is 52.7 Å². The van der Waals surface area contributed by atoms with Crippen LogP contribution in [0.15, 0.2) is 0 Å². The average Bonchev–Trinajstić information content (AvgIpc) is 3.29. The number of nitrogens with zero attached hydrogens (tertiary/aromatic N) is 1. The van der Waals surface area contributed by atoms with Crippen molar-refractivity contribution in [3.63, 3.8) is 0 Å². The van der Waals surface area contributed by atoms with Crippen molar-refractivity contribution in [1.29, 1.82) is 0 Å². The second kappa shape index (κ2) is 10.8. The summed E-state index contributed by atoms with van der Waals surface area (Å²) in [6, 6.07) is -3.10. The smallest absolute Gasteiger partial charge is 0.315 e. The van der Waals surface area contributed by atoms with Crippen LogP contribution in [0.4, 0.5) is 4.79 Å². The number of hydrogen-bond donors (Lipinski definition) is 4. The highest BCUT2D eigenvalue weighted by molar-refractivity contribution is 6.37. The molecule has 3 fully saturated rings. The first-order valence-electron chi connectivity index (χ1n) is 14.0. The summed E-state index contributed by atoms with van der Waals surface area (Å²) in [6.07, 6.45) is 5.71. The van der Waals surface area contributed by atoms with Crippen LogP contribution in [0.3, 0.4) is 0 Å². The van der Waals surface area contributed by atoms with Crippen LogP contribution in [-0.2, 0) is 19.2 Å². The largest absolute Gasteiger partial charge is 0.363 e. The van der Waals surface area contributed by atoms with Gasteiger partial charge in [0.15, 0.2) is 0 Å². The Morgan fingerprint density at radius 1 is 1.00 bits per heavy atom. The summed E-state index contributed by atoms with van der Waals surface area (Å²) in [7, 11) is 0. The zero-order valence-electron chi connectivity index (χ0n) is 24.1. The first-order valence-corrected chi connectivity index (χ1v) is 14.0. The van der Waals surface area contributed by atoms with E-state index in [1.165, 1.54) is 0 Å². The summed E-state index contributed by atoms with van der Waals surface area (Å²) in [6.45, 7) is 13.7. The van der Waals surface area contributed by atoms with Crippen LogP contribution in [0.2, 0.25) is 0 Å². The van der Waals surface area contributed by atoms with Gasteiger partial charge in [0.1, 0.15) is 12.1 Å². The molecule has 1 aliphatic heterocycles. The van der Waals surface area contributed by atoms with Gasteiger partial charge < -0.3 is 26.6 Å². The molecule has 1 spiro atoms. The number of carbonyl (C=O) groups excluding carboxylic acids is 5. The van der Waals surface area contributed by atoms with Crippen molar-refractivity contribution in [2.45, 2.75) is 117 Å². The molecule has 1 saturated heterocycles. The number of likely N-dealkylation sites (tertiary alicyclic amines) is 1. The predicted molar refractivity (Wildman–Crippen MR) is 144 cm³/mol. The number of amides is 5. The number of urea groups is 1. The molecule has 0 bridgehead atoms. The van der Waals surface area contributed by atoms with Crippen LogP contribution >= 0.6 is 0 Å². The number of ketones is 1. The van der Waals surface area contributed by atoms with Crippen molar-refractivity contribution < 1.29 is 24.0 Å². The number of nitrogens with two attached hydrogens (primary N) is 1. The van der Waals surface area contributed by atoms with E-state index in [-0.39, 0.29) is 17.2 Å². The second-order valence-corrected chi connectivity index (χ2v) is 13.8. The quantitative estimate of drug-likeness (QED) is 0.335. The summed E-state index contributed by atoms with van der Waals surface area (Å²) in [4.78, 5) is 66.3. The second-order valence-electron chi connectivity index (χ2n) is 13.8. The molecule has 2 aliphatic carbocycles. The van der Waals surface area contributed by atoms with E-state index in [1.54, 1.807) is 4.90 Å². The lowest BCUT2D eigenvalue weighted by atomic mass is 9.80. The van der Waals surface area contributed by atoms with E-state index in [2.05, 4.69) is 22.9 Å². The lowest BCUT2D eigenvalue weighted by molar-refractivity contribution is -0.143. The monoisotopic (exact) mass is 533 g/mol. The maximum absolute atomic E-state index is 14.0. The van der Waals surface area contributed by atoms with Crippen LogP contribution < -0.4 is 21.7 Å². The van der Waals surface area contributed by atoms with Gasteiger partial charge in [-0.15, -0.1) is 0 Å². The summed E-state index contributed by atoms with van der Waals surface area (Å²) in [5.41, 5.74) is 4.05. The van der Waals surface area contributed by atoms with Crippen molar-refractivity contribution in [2.75, 3.05) is 6.54 Å². The van der Waals surface area contributed by atoms with Crippen molar-refractivity contribution in [1.82, 2.24) is 20.9 Å². The molecule has 0 radical (unpaired) electrons. The fourth-order valence-electron chi connectivity index (χ4n) is 5.98. The van der Waals surface area contributed by atoms with Gasteiger partial charge in [-0.3, -0.25) is 19.2 Å². The minimum absolute atomic E-state index is 0.139. The summed E-state index contributed by atoms with van der Waals surface area (Å²) < 4.78 is 0. The molecular formula is C28H47N5O5. The standard InChI is InChI=1S/C28H47N5O5/c1-8-17-13-28(17)14-19(23(36)30-18(20(34)22(29)35)12-16-10-9-11-16)33(15-28)24(37)21(26(2,3)4)31-25(38)32-27(5,6)7/h16-19,21H,8-15H2,1-7H3,(H2,29,35)(H,30,36)(H2,31,32,38). The van der Waals surface area contributed by atoms with Crippen LogP contribution in [0, 0.1) is 22.7 Å². The van der Waals surface area contributed by atoms with Crippen LogP contribution in [0.1, 0.15) is 93.4 Å². The zero-order chi connectivity index (χ0) is 28.6. The fraction of sp³-hybridized carbons (Fsp3) is 0.821. The maximum atomic E-state index is 14.0. The first-order chi connectivity index (χ1) is 17.5. The SMILES string of the molecule is CCC1CC12CC(C(=O)NC(CC1CCC1)C(=O)C(N)=O)N(C(=O)C(NC(=O)NC(C)(C)C)C(C)(C)C)C2. The molecule has 5 N–H and O–H groups in total. The van der Waals surface area contributed by atoms with E-state index in [9.17, 15) is 24.0 Å². The molecule has 38 heavy (non-hydrogen) atoms.